The molecule has 0 amide bonds. The molecular formula is C12H11O2S. The highest BCUT2D eigenvalue weighted by Crippen LogP contribution is 2.33. The van der Waals surface area contributed by atoms with Gasteiger partial charge in [-0.25, -0.2) is 8.42 Å². The molecule has 2 nitrogen and oxygen atoms in total. The first kappa shape index (κ1) is 10.7. The van der Waals surface area contributed by atoms with Crippen molar-refractivity contribution in [1.29, 1.82) is 0 Å². The van der Waals surface area contributed by atoms with Gasteiger partial charge in [-0.15, -0.1) is 0 Å². The van der Waals surface area contributed by atoms with E-state index in [4.69, 9.17) is 0 Å². The lowest BCUT2D eigenvalue weighted by atomic mass is 10.2. The van der Waals surface area contributed by atoms with Gasteiger partial charge < -0.3 is 0 Å². The van der Waals surface area contributed by atoms with Crippen molar-refractivity contribution in [3.05, 3.63) is 60.8 Å². The Bertz CT molecular complexity index is 425. The normalized spacial score (nSPS) is 18.2. The number of sulfone groups is 1. The molecule has 0 spiro atoms. The summed E-state index contributed by atoms with van der Waals surface area (Å²) >= 11 is 0. The zero-order valence-corrected chi connectivity index (χ0v) is 9.16. The van der Waals surface area contributed by atoms with Crippen LogP contribution in [-0.2, 0) is 9.84 Å². The van der Waals surface area contributed by atoms with Crippen molar-refractivity contribution in [3.63, 3.8) is 0 Å². The fourth-order valence-electron chi connectivity index (χ4n) is 1.39. The lowest BCUT2D eigenvalue weighted by Crippen LogP contribution is -2.10. The Hall–Kier alpha value is -0.830. The summed E-state index contributed by atoms with van der Waals surface area (Å²) in [5.41, 5.74) is 1.05. The second-order valence-corrected chi connectivity index (χ2v) is 5.39. The van der Waals surface area contributed by atoms with Crippen LogP contribution in [0.25, 0.3) is 0 Å². The van der Waals surface area contributed by atoms with Crippen molar-refractivity contribution in [3.8, 4) is 0 Å². The molecule has 1 aromatic rings. The smallest absolute Gasteiger partial charge is 0.186 e. The molecule has 0 heterocycles. The molecule has 1 saturated carbocycles. The molecule has 0 aliphatic heterocycles. The second kappa shape index (κ2) is 3.97. The van der Waals surface area contributed by atoms with Crippen LogP contribution in [0.5, 0.6) is 0 Å². The molecule has 0 atom stereocenters. The van der Waals surface area contributed by atoms with Crippen molar-refractivity contribution in [2.75, 3.05) is 0 Å². The highest BCUT2D eigenvalue weighted by Gasteiger charge is 2.31. The van der Waals surface area contributed by atoms with Gasteiger partial charge in [-0.2, -0.15) is 0 Å². The van der Waals surface area contributed by atoms with Crippen LogP contribution in [0.1, 0.15) is 5.56 Å². The van der Waals surface area contributed by atoms with Crippen LogP contribution < -0.4 is 0 Å². The molecule has 3 heteroatoms. The van der Waals surface area contributed by atoms with E-state index in [9.17, 15) is 8.42 Å². The maximum absolute atomic E-state index is 12.0. The Morgan fingerprint density at radius 1 is 0.933 bits per heavy atom. The van der Waals surface area contributed by atoms with Crippen LogP contribution in [-0.4, -0.2) is 8.42 Å². The summed E-state index contributed by atoms with van der Waals surface area (Å²) in [6.07, 6.45) is 6.66. The van der Waals surface area contributed by atoms with Crippen LogP contribution in [0.4, 0.5) is 0 Å². The molecule has 2 rings (SSSR count). The summed E-state index contributed by atoms with van der Waals surface area (Å²) in [5, 5.41) is 0.353. The molecule has 77 valence electrons. The molecule has 0 N–H and O–H groups in total. The minimum Gasteiger partial charge on any atom is -0.223 e. The quantitative estimate of drug-likeness (QED) is 0.763. The Balaban J connectivity index is 2.32. The molecule has 1 aliphatic carbocycles. The van der Waals surface area contributed by atoms with Gasteiger partial charge in [0.1, 0.15) is 5.25 Å². The molecular weight excluding hydrogens is 208 g/mol. The summed E-state index contributed by atoms with van der Waals surface area (Å²) in [5.74, 6) is 0. The largest absolute Gasteiger partial charge is 0.223 e. The van der Waals surface area contributed by atoms with E-state index >= 15 is 0 Å². The predicted octanol–water partition coefficient (Wildman–Crippen LogP) is 2.13. The van der Waals surface area contributed by atoms with Crippen molar-refractivity contribution in [1.82, 2.24) is 0 Å². The van der Waals surface area contributed by atoms with E-state index in [1.54, 1.807) is 49.9 Å². The maximum Gasteiger partial charge on any atom is 0.186 e. The third-order valence-electron chi connectivity index (χ3n) is 2.27. The highest BCUT2D eigenvalue weighted by molar-refractivity contribution is 7.94. The van der Waals surface area contributed by atoms with E-state index in [1.165, 1.54) is 0 Å². The van der Waals surface area contributed by atoms with Crippen molar-refractivity contribution >= 4 is 9.84 Å². The average molecular weight is 219 g/mol. The molecule has 0 saturated heterocycles. The maximum atomic E-state index is 12.0. The van der Waals surface area contributed by atoms with E-state index in [0.29, 0.717) is 10.1 Å². The van der Waals surface area contributed by atoms with Crippen molar-refractivity contribution in [2.24, 2.45) is 0 Å². The van der Waals surface area contributed by atoms with E-state index in [-0.39, 0.29) is 0 Å². The van der Waals surface area contributed by atoms with Gasteiger partial charge in [-0.05, 0) is 44.7 Å². The summed E-state index contributed by atoms with van der Waals surface area (Å²) in [6.45, 7) is 1.93. The SMILES string of the molecule is Cc1ccc(S(=O)(=O)[C]2[CH][CH][CH][CH]2)cc1. The summed E-state index contributed by atoms with van der Waals surface area (Å²) in [7, 11) is -3.31. The standard InChI is InChI=1S/C12H11O2S/c1-10-6-8-12(9-7-10)15(13,14)11-4-2-3-5-11/h2-9H,1H3. The van der Waals surface area contributed by atoms with Gasteiger partial charge in [0.25, 0.3) is 0 Å². The van der Waals surface area contributed by atoms with E-state index < -0.39 is 9.84 Å². The Morgan fingerprint density at radius 2 is 1.47 bits per heavy atom. The lowest BCUT2D eigenvalue weighted by Gasteiger charge is -2.09. The minimum absolute atomic E-state index is 0.347. The summed E-state index contributed by atoms with van der Waals surface area (Å²) < 4.78 is 24.0. The van der Waals surface area contributed by atoms with Crippen molar-refractivity contribution in [2.45, 2.75) is 11.8 Å². The van der Waals surface area contributed by atoms with Crippen LogP contribution in [0.15, 0.2) is 29.2 Å². The third-order valence-corrected chi connectivity index (χ3v) is 4.06. The number of hydrogen-bond acceptors (Lipinski definition) is 2. The number of rotatable bonds is 2. The van der Waals surface area contributed by atoms with Crippen LogP contribution in [0, 0.1) is 37.9 Å². The first-order valence-corrected chi connectivity index (χ1v) is 6.12. The minimum atomic E-state index is -3.31. The Morgan fingerprint density at radius 3 is 2.00 bits per heavy atom. The second-order valence-electron chi connectivity index (χ2n) is 3.44. The molecule has 1 aliphatic rings. The first-order valence-electron chi connectivity index (χ1n) is 4.64. The Kier molecular flexibility index (Phi) is 2.83. The van der Waals surface area contributed by atoms with E-state index in [1.807, 2.05) is 6.92 Å². The molecule has 15 heavy (non-hydrogen) atoms. The average Bonchev–Trinajstić information content (AvgIpc) is 2.71. The van der Waals surface area contributed by atoms with Gasteiger partial charge in [-0.3, -0.25) is 0 Å². The zero-order chi connectivity index (χ0) is 10.9. The van der Waals surface area contributed by atoms with Gasteiger partial charge >= 0.3 is 0 Å². The van der Waals surface area contributed by atoms with Crippen LogP contribution in [0.3, 0.4) is 0 Å². The van der Waals surface area contributed by atoms with Gasteiger partial charge in [0.05, 0.1) is 4.90 Å². The lowest BCUT2D eigenvalue weighted by molar-refractivity contribution is 0.599. The highest BCUT2D eigenvalue weighted by atomic mass is 32.2. The number of benzene rings is 1. The molecule has 0 unspecified atom stereocenters. The summed E-state index contributed by atoms with van der Waals surface area (Å²) in [4.78, 5) is 0.347. The van der Waals surface area contributed by atoms with E-state index in [0.717, 1.165) is 5.56 Å². The van der Waals surface area contributed by atoms with Gasteiger partial charge in [0.15, 0.2) is 9.84 Å². The fourth-order valence-corrected chi connectivity index (χ4v) is 2.67. The molecule has 1 fully saturated rings. The van der Waals surface area contributed by atoms with Crippen LogP contribution >= 0.6 is 0 Å². The molecule has 1 aromatic carbocycles. The third kappa shape index (κ3) is 2.07. The zero-order valence-electron chi connectivity index (χ0n) is 8.34. The molecule has 5 radical (unpaired) electrons. The Labute approximate surface area is 91.2 Å². The number of aryl methyl sites for hydroxylation is 1. The monoisotopic (exact) mass is 219 g/mol. The molecule has 0 bridgehead atoms. The first-order chi connectivity index (χ1) is 7.10. The predicted molar refractivity (Wildman–Crippen MR) is 58.8 cm³/mol. The molecule has 0 aromatic heterocycles. The van der Waals surface area contributed by atoms with Gasteiger partial charge in [0, 0.05) is 0 Å². The van der Waals surface area contributed by atoms with Gasteiger partial charge in [-0.1, -0.05) is 17.7 Å². The van der Waals surface area contributed by atoms with Gasteiger partial charge in [0.2, 0.25) is 0 Å². The summed E-state index contributed by atoms with van der Waals surface area (Å²) in [6, 6.07) is 6.88. The topological polar surface area (TPSA) is 34.1 Å². The van der Waals surface area contributed by atoms with Crippen LogP contribution in [0.2, 0.25) is 0 Å². The van der Waals surface area contributed by atoms with E-state index in [2.05, 4.69) is 0 Å². The number of hydrogen-bond donors (Lipinski definition) is 0. The van der Waals surface area contributed by atoms with Crippen molar-refractivity contribution < 1.29 is 8.42 Å². The fraction of sp³-hybridized carbons (Fsp3) is 0.0833.